The van der Waals surface area contributed by atoms with Gasteiger partial charge in [0, 0.05) is 23.6 Å². The maximum atomic E-state index is 12.1. The third kappa shape index (κ3) is 4.11. The molecule has 3 aromatic rings. The van der Waals surface area contributed by atoms with E-state index in [0.29, 0.717) is 11.1 Å². The van der Waals surface area contributed by atoms with Crippen molar-refractivity contribution in [3.05, 3.63) is 70.8 Å². The number of hydrogen-bond donors (Lipinski definition) is 3. The number of phenols is 2. The molecule has 0 aliphatic carbocycles. The third-order valence-corrected chi connectivity index (χ3v) is 5.02. The number of amides is 2. The van der Waals surface area contributed by atoms with E-state index in [2.05, 4.69) is 15.3 Å². The Kier molecular flexibility index (Phi) is 5.77. The number of nitrogens with one attached hydrogen (secondary N) is 1. The fourth-order valence-electron chi connectivity index (χ4n) is 3.29. The Labute approximate surface area is 188 Å². The SMILES string of the molecule is COc1cccc(C=Nc2cc3c(cc2N=Cc2cccc(OC)c2O)C(=O)NC3=O)c1O. The van der Waals surface area contributed by atoms with E-state index >= 15 is 0 Å². The molecule has 0 radical (unpaired) electrons. The molecule has 0 spiro atoms. The lowest BCUT2D eigenvalue weighted by molar-refractivity contribution is 0.0879. The van der Waals surface area contributed by atoms with E-state index in [1.165, 1.54) is 38.8 Å². The summed E-state index contributed by atoms with van der Waals surface area (Å²) < 4.78 is 10.2. The molecule has 0 saturated carbocycles. The molecule has 0 atom stereocenters. The second-order valence-electron chi connectivity index (χ2n) is 6.98. The Balaban J connectivity index is 1.79. The van der Waals surface area contributed by atoms with Gasteiger partial charge in [-0.05, 0) is 36.4 Å². The van der Waals surface area contributed by atoms with Crippen LogP contribution in [0.1, 0.15) is 31.8 Å². The van der Waals surface area contributed by atoms with Crippen molar-refractivity contribution in [1.82, 2.24) is 5.32 Å². The summed E-state index contributed by atoms with van der Waals surface area (Å²) in [6.07, 6.45) is 2.80. The fraction of sp³-hybridized carbons (Fsp3) is 0.0833. The van der Waals surface area contributed by atoms with Gasteiger partial charge < -0.3 is 19.7 Å². The highest BCUT2D eigenvalue weighted by Gasteiger charge is 2.28. The van der Waals surface area contributed by atoms with Gasteiger partial charge in [-0.25, -0.2) is 0 Å². The molecule has 0 fully saturated rings. The van der Waals surface area contributed by atoms with E-state index in [1.807, 2.05) is 0 Å². The minimum atomic E-state index is -0.531. The van der Waals surface area contributed by atoms with Crippen molar-refractivity contribution in [1.29, 1.82) is 0 Å². The molecule has 1 aliphatic heterocycles. The molecule has 9 nitrogen and oxygen atoms in total. The quantitative estimate of drug-likeness (QED) is 0.393. The molecular formula is C24H19N3O6. The van der Waals surface area contributed by atoms with Crippen LogP contribution < -0.4 is 14.8 Å². The molecule has 0 unspecified atom stereocenters. The average molecular weight is 445 g/mol. The number of fused-ring (bicyclic) bond motifs is 1. The molecule has 3 aromatic carbocycles. The Morgan fingerprint density at radius 1 is 0.758 bits per heavy atom. The maximum Gasteiger partial charge on any atom is 0.259 e. The predicted octanol–water partition coefficient (Wildman–Crippen LogP) is 3.50. The number of nitrogens with zero attached hydrogens (tertiary/aromatic N) is 2. The van der Waals surface area contributed by atoms with E-state index in [4.69, 9.17) is 9.47 Å². The minimum absolute atomic E-state index is 0.0933. The molecule has 9 heteroatoms. The van der Waals surface area contributed by atoms with Gasteiger partial charge in [0.2, 0.25) is 0 Å². The van der Waals surface area contributed by atoms with E-state index in [9.17, 15) is 19.8 Å². The number of carbonyl (C=O) groups is 2. The van der Waals surface area contributed by atoms with Crippen LogP contribution in [0.25, 0.3) is 0 Å². The van der Waals surface area contributed by atoms with E-state index in [0.717, 1.165) is 0 Å². The van der Waals surface area contributed by atoms with Crippen LogP contribution in [0, 0.1) is 0 Å². The lowest BCUT2D eigenvalue weighted by atomic mass is 10.1. The van der Waals surface area contributed by atoms with Gasteiger partial charge in [-0.2, -0.15) is 0 Å². The van der Waals surface area contributed by atoms with Gasteiger partial charge in [-0.1, -0.05) is 12.1 Å². The van der Waals surface area contributed by atoms with Gasteiger partial charge in [0.1, 0.15) is 0 Å². The first kappa shape index (κ1) is 21.6. The molecular weight excluding hydrogens is 426 g/mol. The summed E-state index contributed by atoms with van der Waals surface area (Å²) >= 11 is 0. The topological polar surface area (TPSA) is 130 Å². The molecule has 1 heterocycles. The van der Waals surface area contributed by atoms with Crippen LogP contribution in [0.4, 0.5) is 11.4 Å². The smallest absolute Gasteiger partial charge is 0.259 e. The number of rotatable bonds is 6. The standard InChI is InChI=1S/C24H19N3O6/c1-32-19-7-3-5-13(21(19)28)11-25-17-9-15-16(24(31)27-23(15)30)10-18(17)26-12-14-6-4-8-20(33-2)22(14)29/h3-12,28-29H,1-2H3,(H,27,30,31). The molecule has 33 heavy (non-hydrogen) atoms. The zero-order valence-electron chi connectivity index (χ0n) is 17.7. The molecule has 3 N–H and O–H groups in total. The third-order valence-electron chi connectivity index (χ3n) is 5.02. The van der Waals surface area contributed by atoms with Crippen LogP contribution in [0.2, 0.25) is 0 Å². The molecule has 0 bridgehead atoms. The van der Waals surface area contributed by atoms with Gasteiger partial charge in [0.25, 0.3) is 11.8 Å². The Morgan fingerprint density at radius 3 is 1.58 bits per heavy atom. The van der Waals surface area contributed by atoms with Gasteiger partial charge in [0.15, 0.2) is 23.0 Å². The van der Waals surface area contributed by atoms with Crippen LogP contribution in [-0.4, -0.2) is 48.7 Å². The number of imide groups is 1. The van der Waals surface area contributed by atoms with E-state index < -0.39 is 11.8 Å². The molecule has 166 valence electrons. The summed E-state index contributed by atoms with van der Waals surface area (Å²) in [6, 6.07) is 12.8. The summed E-state index contributed by atoms with van der Waals surface area (Å²) in [5.41, 5.74) is 1.67. The lowest BCUT2D eigenvalue weighted by Crippen LogP contribution is -2.19. The highest BCUT2D eigenvalue weighted by molar-refractivity contribution is 6.22. The normalized spacial score (nSPS) is 12.9. The number of aromatic hydroxyl groups is 2. The number of phenolic OH excluding ortho intramolecular Hbond substituents is 2. The van der Waals surface area contributed by atoms with Crippen molar-refractivity contribution >= 4 is 35.6 Å². The molecule has 1 aliphatic rings. The molecule has 0 aromatic heterocycles. The van der Waals surface area contributed by atoms with Gasteiger partial charge in [-0.3, -0.25) is 24.9 Å². The monoisotopic (exact) mass is 445 g/mol. The molecule has 0 saturated heterocycles. The first-order chi connectivity index (χ1) is 15.9. The summed E-state index contributed by atoms with van der Waals surface area (Å²) in [4.78, 5) is 33.0. The number of aliphatic imine (C=N–C) groups is 2. The highest BCUT2D eigenvalue weighted by atomic mass is 16.5. The van der Waals surface area contributed by atoms with Crippen LogP contribution in [0.3, 0.4) is 0 Å². The number of para-hydroxylation sites is 2. The Hall–Kier alpha value is -4.66. The van der Waals surface area contributed by atoms with Crippen LogP contribution >= 0.6 is 0 Å². The Bertz CT molecular complexity index is 1230. The van der Waals surface area contributed by atoms with E-state index in [-0.39, 0.29) is 45.5 Å². The average Bonchev–Trinajstić information content (AvgIpc) is 3.09. The first-order valence-electron chi connectivity index (χ1n) is 9.76. The number of methoxy groups -OCH3 is 2. The Morgan fingerprint density at radius 2 is 1.18 bits per heavy atom. The first-order valence-corrected chi connectivity index (χ1v) is 9.76. The molecule has 2 amide bonds. The zero-order chi connectivity index (χ0) is 23.5. The molecule has 4 rings (SSSR count). The summed E-state index contributed by atoms with van der Waals surface area (Å²) in [6.45, 7) is 0. The van der Waals surface area contributed by atoms with Crippen LogP contribution in [0.15, 0.2) is 58.5 Å². The summed E-state index contributed by atoms with van der Waals surface area (Å²) in [5.74, 6) is -0.684. The summed E-state index contributed by atoms with van der Waals surface area (Å²) in [7, 11) is 2.87. The number of hydrogen-bond acceptors (Lipinski definition) is 8. The fourth-order valence-corrected chi connectivity index (χ4v) is 3.29. The maximum absolute atomic E-state index is 12.1. The van der Waals surface area contributed by atoms with Gasteiger partial charge in [0.05, 0.1) is 36.7 Å². The van der Waals surface area contributed by atoms with Crippen LogP contribution in [-0.2, 0) is 0 Å². The van der Waals surface area contributed by atoms with Gasteiger partial charge in [-0.15, -0.1) is 0 Å². The van der Waals surface area contributed by atoms with Crippen molar-refractivity contribution in [3.8, 4) is 23.0 Å². The number of carbonyl (C=O) groups excluding carboxylic acids is 2. The predicted molar refractivity (Wildman–Crippen MR) is 122 cm³/mol. The van der Waals surface area contributed by atoms with Crippen molar-refractivity contribution < 1.29 is 29.3 Å². The van der Waals surface area contributed by atoms with Crippen LogP contribution in [0.5, 0.6) is 23.0 Å². The summed E-state index contributed by atoms with van der Waals surface area (Å²) in [5, 5.41) is 22.8. The van der Waals surface area contributed by atoms with Crippen molar-refractivity contribution in [3.63, 3.8) is 0 Å². The zero-order valence-corrected chi connectivity index (χ0v) is 17.7. The second-order valence-corrected chi connectivity index (χ2v) is 6.98. The van der Waals surface area contributed by atoms with Gasteiger partial charge >= 0.3 is 0 Å². The van der Waals surface area contributed by atoms with Crippen molar-refractivity contribution in [2.75, 3.05) is 14.2 Å². The largest absolute Gasteiger partial charge is 0.504 e. The number of benzene rings is 3. The minimum Gasteiger partial charge on any atom is -0.504 e. The van der Waals surface area contributed by atoms with E-state index in [1.54, 1.807) is 36.4 Å². The van der Waals surface area contributed by atoms with Crippen molar-refractivity contribution in [2.45, 2.75) is 0 Å². The highest BCUT2D eigenvalue weighted by Crippen LogP contribution is 2.35. The van der Waals surface area contributed by atoms with Crippen molar-refractivity contribution in [2.24, 2.45) is 9.98 Å². The number of ether oxygens (including phenoxy) is 2. The second kappa shape index (κ2) is 8.83. The lowest BCUT2D eigenvalue weighted by Gasteiger charge is -2.07.